The van der Waals surface area contributed by atoms with Gasteiger partial charge in [-0.1, -0.05) is 32.3 Å². The van der Waals surface area contributed by atoms with Gasteiger partial charge in [0.1, 0.15) is 0 Å². The average Bonchev–Trinajstić information content (AvgIpc) is 2.34. The highest BCUT2D eigenvalue weighted by atomic mass is 31.1. The van der Waals surface area contributed by atoms with Crippen molar-refractivity contribution in [1.82, 2.24) is 0 Å². The summed E-state index contributed by atoms with van der Waals surface area (Å²) in [6, 6.07) is 0. The Morgan fingerprint density at radius 3 is 2.10 bits per heavy atom. The molecule has 20 heavy (non-hydrogen) atoms. The summed E-state index contributed by atoms with van der Waals surface area (Å²) in [5.41, 5.74) is 0. The third kappa shape index (κ3) is 11.4. The molecule has 0 bridgehead atoms. The molecular formula is C15H30O4P+. The fourth-order valence-electron chi connectivity index (χ4n) is 1.42. The Balaban J connectivity index is 3.71. The van der Waals surface area contributed by atoms with Crippen molar-refractivity contribution in [3.8, 4) is 0 Å². The fourth-order valence-corrected chi connectivity index (χ4v) is 2.46. The van der Waals surface area contributed by atoms with Gasteiger partial charge in [-0.25, -0.2) is 0 Å². The van der Waals surface area contributed by atoms with E-state index < -0.39 is 7.80 Å². The van der Waals surface area contributed by atoms with Crippen molar-refractivity contribution >= 4 is 13.8 Å². The third-order valence-corrected chi connectivity index (χ3v) is 4.58. The summed E-state index contributed by atoms with van der Waals surface area (Å²) >= 11 is 0. The van der Waals surface area contributed by atoms with Gasteiger partial charge >= 0.3 is 13.8 Å². The van der Waals surface area contributed by atoms with E-state index in [0.29, 0.717) is 31.2 Å². The second kappa shape index (κ2) is 11.2. The van der Waals surface area contributed by atoms with E-state index in [2.05, 4.69) is 27.7 Å². The van der Waals surface area contributed by atoms with E-state index in [-0.39, 0.29) is 18.2 Å². The van der Waals surface area contributed by atoms with Gasteiger partial charge in [-0.3, -0.25) is 4.79 Å². The molecule has 0 aliphatic heterocycles. The molecule has 118 valence electrons. The summed E-state index contributed by atoms with van der Waals surface area (Å²) in [4.78, 5) is 11.5. The normalized spacial score (nSPS) is 13.7. The van der Waals surface area contributed by atoms with Gasteiger partial charge in [0.2, 0.25) is 0 Å². The van der Waals surface area contributed by atoms with Gasteiger partial charge < -0.3 is 9.47 Å². The van der Waals surface area contributed by atoms with Crippen LogP contribution in [-0.2, 0) is 18.8 Å². The smallest absolute Gasteiger partial charge is 0.370 e. The molecule has 0 spiro atoms. The van der Waals surface area contributed by atoms with Crippen LogP contribution in [0.5, 0.6) is 0 Å². The molecule has 0 radical (unpaired) electrons. The standard InChI is InChI=1S/C15H30O4P/c1-12(2)6-9-18-14(5)20(17)11-8-15(16)19-10-7-13(3)4/h12-14H,6-11H2,1-5H3/q+1. The Kier molecular flexibility index (Phi) is 11.0. The van der Waals surface area contributed by atoms with Crippen LogP contribution in [0.3, 0.4) is 0 Å². The van der Waals surface area contributed by atoms with Crippen molar-refractivity contribution in [2.45, 2.75) is 59.7 Å². The molecule has 0 aromatic rings. The molecule has 4 nitrogen and oxygen atoms in total. The minimum atomic E-state index is -1.51. The molecular weight excluding hydrogens is 275 g/mol. The Labute approximate surface area is 124 Å². The molecule has 0 aromatic heterocycles. The van der Waals surface area contributed by atoms with Gasteiger partial charge in [0, 0.05) is 6.92 Å². The molecule has 0 saturated carbocycles. The van der Waals surface area contributed by atoms with Crippen LogP contribution in [0.2, 0.25) is 0 Å². The van der Waals surface area contributed by atoms with Crippen LogP contribution in [0.1, 0.15) is 53.9 Å². The minimum Gasteiger partial charge on any atom is -0.466 e. The van der Waals surface area contributed by atoms with Crippen molar-refractivity contribution in [1.29, 1.82) is 0 Å². The molecule has 0 amide bonds. The van der Waals surface area contributed by atoms with Gasteiger partial charge in [0.15, 0.2) is 6.16 Å². The molecule has 5 heteroatoms. The van der Waals surface area contributed by atoms with E-state index in [1.807, 2.05) is 6.92 Å². The molecule has 0 aliphatic rings. The Hall–Kier alpha value is -0.470. The van der Waals surface area contributed by atoms with Crippen LogP contribution in [0.15, 0.2) is 0 Å². The maximum atomic E-state index is 11.9. The predicted molar refractivity (Wildman–Crippen MR) is 82.4 cm³/mol. The zero-order valence-corrected chi connectivity index (χ0v) is 14.4. The van der Waals surface area contributed by atoms with Crippen molar-refractivity contribution < 1.29 is 18.8 Å². The number of carbonyl (C=O) groups is 1. The number of rotatable bonds is 11. The molecule has 0 saturated heterocycles. The SMILES string of the molecule is CC(C)CCOC(=O)CC[P+](=O)C(C)OCCC(C)C. The van der Waals surface area contributed by atoms with Crippen LogP contribution < -0.4 is 0 Å². The molecule has 2 unspecified atom stereocenters. The number of hydrogen-bond donors (Lipinski definition) is 0. The first-order valence-corrected chi connectivity index (χ1v) is 9.05. The van der Waals surface area contributed by atoms with Gasteiger partial charge in [-0.15, -0.1) is 0 Å². The Bertz CT molecular complexity index is 290. The summed E-state index contributed by atoms with van der Waals surface area (Å²) < 4.78 is 22.5. The predicted octanol–water partition coefficient (Wildman–Crippen LogP) is 4.20. The van der Waals surface area contributed by atoms with E-state index in [9.17, 15) is 9.36 Å². The first kappa shape index (κ1) is 19.5. The summed E-state index contributed by atoms with van der Waals surface area (Å²) in [7, 11) is -1.51. The number of hydrogen-bond acceptors (Lipinski definition) is 4. The van der Waals surface area contributed by atoms with E-state index in [1.54, 1.807) is 0 Å². The first-order valence-electron chi connectivity index (χ1n) is 7.54. The zero-order valence-electron chi connectivity index (χ0n) is 13.6. The summed E-state index contributed by atoms with van der Waals surface area (Å²) in [5.74, 6) is 0.556. The van der Waals surface area contributed by atoms with Gasteiger partial charge in [0.05, 0.1) is 19.6 Å². The molecule has 0 rings (SSSR count). The topological polar surface area (TPSA) is 52.6 Å². The van der Waals surface area contributed by atoms with E-state index >= 15 is 0 Å². The molecule has 0 N–H and O–H groups in total. The highest BCUT2D eigenvalue weighted by Gasteiger charge is 2.27. The molecule has 2 atom stereocenters. The van der Waals surface area contributed by atoms with Crippen LogP contribution in [0.25, 0.3) is 0 Å². The van der Waals surface area contributed by atoms with Crippen LogP contribution in [-0.4, -0.2) is 31.2 Å². The van der Waals surface area contributed by atoms with Crippen molar-refractivity contribution in [3.63, 3.8) is 0 Å². The highest BCUT2D eigenvalue weighted by Crippen LogP contribution is 2.29. The quantitative estimate of drug-likeness (QED) is 0.424. The zero-order chi connectivity index (χ0) is 15.5. The van der Waals surface area contributed by atoms with Crippen molar-refractivity contribution in [2.75, 3.05) is 19.4 Å². The monoisotopic (exact) mass is 305 g/mol. The van der Waals surface area contributed by atoms with Crippen LogP contribution in [0, 0.1) is 11.8 Å². The van der Waals surface area contributed by atoms with Gasteiger partial charge in [-0.05, 0) is 24.7 Å². The summed E-state index contributed by atoms with van der Waals surface area (Å²) in [6.07, 6.45) is 2.39. The van der Waals surface area contributed by atoms with Crippen LogP contribution >= 0.6 is 7.80 Å². The Morgan fingerprint density at radius 1 is 1.00 bits per heavy atom. The number of esters is 1. The Morgan fingerprint density at radius 2 is 1.55 bits per heavy atom. The summed E-state index contributed by atoms with van der Waals surface area (Å²) in [6.45, 7) is 11.3. The van der Waals surface area contributed by atoms with Crippen molar-refractivity contribution in [3.05, 3.63) is 0 Å². The van der Waals surface area contributed by atoms with Gasteiger partial charge in [-0.2, -0.15) is 0 Å². The van der Waals surface area contributed by atoms with Crippen molar-refractivity contribution in [2.24, 2.45) is 11.8 Å². The van der Waals surface area contributed by atoms with E-state index in [1.165, 1.54) is 0 Å². The number of ether oxygens (including phenoxy) is 2. The first-order chi connectivity index (χ1) is 9.32. The van der Waals surface area contributed by atoms with Crippen LogP contribution in [0.4, 0.5) is 0 Å². The maximum absolute atomic E-state index is 11.9. The molecule has 0 fully saturated rings. The lowest BCUT2D eigenvalue weighted by molar-refractivity contribution is -0.143. The molecule has 0 aromatic carbocycles. The minimum absolute atomic E-state index is 0.213. The van der Waals surface area contributed by atoms with Gasteiger partial charge in [0.25, 0.3) is 5.85 Å². The lowest BCUT2D eigenvalue weighted by Crippen LogP contribution is -2.11. The lowest BCUT2D eigenvalue weighted by atomic mass is 10.1. The fraction of sp³-hybridized carbons (Fsp3) is 0.933. The second-order valence-corrected chi connectivity index (χ2v) is 7.95. The molecule has 0 heterocycles. The average molecular weight is 305 g/mol. The second-order valence-electron chi connectivity index (χ2n) is 5.95. The molecule has 0 aliphatic carbocycles. The largest absolute Gasteiger partial charge is 0.466 e. The summed E-state index contributed by atoms with van der Waals surface area (Å²) in [5, 5.41) is 0. The lowest BCUT2D eigenvalue weighted by Gasteiger charge is -2.07. The van der Waals surface area contributed by atoms with E-state index in [0.717, 1.165) is 12.8 Å². The van der Waals surface area contributed by atoms with E-state index in [4.69, 9.17) is 9.47 Å². The number of carbonyl (C=O) groups excluding carboxylic acids is 1. The highest BCUT2D eigenvalue weighted by molar-refractivity contribution is 7.45. The maximum Gasteiger partial charge on any atom is 0.370 e. The third-order valence-electron chi connectivity index (χ3n) is 2.95.